The number of rotatable bonds is 5. The Hall–Kier alpha value is -2.24. The van der Waals surface area contributed by atoms with E-state index in [1.54, 1.807) is 6.07 Å². The van der Waals surface area contributed by atoms with E-state index in [1.165, 1.54) is 18.5 Å². The van der Waals surface area contributed by atoms with Crippen molar-refractivity contribution in [1.29, 1.82) is 0 Å². The summed E-state index contributed by atoms with van der Waals surface area (Å²) in [6, 6.07) is 4.61. The van der Waals surface area contributed by atoms with Gasteiger partial charge in [-0.2, -0.15) is 0 Å². The largest absolute Gasteiger partial charge is 0.369 e. The van der Waals surface area contributed by atoms with Crippen molar-refractivity contribution in [3.8, 4) is 0 Å². The van der Waals surface area contributed by atoms with Crippen molar-refractivity contribution < 1.29 is 4.92 Å². The first-order chi connectivity index (χ1) is 8.72. The molecule has 0 radical (unpaired) electrons. The number of hydrogen-bond donors (Lipinski definition) is 1. The third kappa shape index (κ3) is 2.53. The number of hydrogen-bond acceptors (Lipinski definition) is 5. The van der Waals surface area contributed by atoms with Crippen molar-refractivity contribution in [1.82, 2.24) is 9.97 Å². The molecule has 0 spiro atoms. The molecule has 2 aromatic rings. The number of nitro groups is 1. The van der Waals surface area contributed by atoms with Crippen LogP contribution < -0.4 is 5.32 Å². The first kappa shape index (κ1) is 12.2. The van der Waals surface area contributed by atoms with Crippen LogP contribution in [0, 0.1) is 10.1 Å². The molecule has 6 heteroatoms. The van der Waals surface area contributed by atoms with E-state index >= 15 is 0 Å². The van der Waals surface area contributed by atoms with Gasteiger partial charge >= 0.3 is 0 Å². The summed E-state index contributed by atoms with van der Waals surface area (Å²) >= 11 is 0. The van der Waals surface area contributed by atoms with E-state index in [9.17, 15) is 10.1 Å². The van der Waals surface area contributed by atoms with E-state index in [0.717, 1.165) is 30.6 Å². The minimum Gasteiger partial charge on any atom is -0.369 e. The van der Waals surface area contributed by atoms with E-state index < -0.39 is 4.92 Å². The second-order valence-corrected chi connectivity index (χ2v) is 3.96. The van der Waals surface area contributed by atoms with Crippen LogP contribution in [0.3, 0.4) is 0 Å². The zero-order chi connectivity index (χ0) is 13.0. The maximum absolute atomic E-state index is 10.7. The first-order valence-corrected chi connectivity index (χ1v) is 5.85. The van der Waals surface area contributed by atoms with Crippen LogP contribution in [-0.2, 0) is 0 Å². The van der Waals surface area contributed by atoms with Crippen LogP contribution in [0.1, 0.15) is 19.8 Å². The average Bonchev–Trinajstić information content (AvgIpc) is 2.38. The molecule has 94 valence electrons. The molecule has 0 amide bonds. The Labute approximate surface area is 104 Å². The number of unbranched alkanes of at least 4 members (excludes halogenated alkanes) is 1. The number of fused-ring (bicyclic) bond motifs is 1. The topological polar surface area (TPSA) is 81.0 Å². The predicted molar refractivity (Wildman–Crippen MR) is 69.6 cm³/mol. The van der Waals surface area contributed by atoms with E-state index in [2.05, 4.69) is 22.2 Å². The normalized spacial score (nSPS) is 10.5. The van der Waals surface area contributed by atoms with Crippen molar-refractivity contribution >= 4 is 22.4 Å². The van der Waals surface area contributed by atoms with E-state index in [4.69, 9.17) is 0 Å². The lowest BCUT2D eigenvalue weighted by Crippen LogP contribution is -2.04. The second-order valence-electron chi connectivity index (χ2n) is 3.96. The summed E-state index contributed by atoms with van der Waals surface area (Å²) in [7, 11) is 0. The van der Waals surface area contributed by atoms with Crippen LogP contribution in [0.4, 0.5) is 11.5 Å². The van der Waals surface area contributed by atoms with Gasteiger partial charge in [-0.15, -0.1) is 0 Å². The Bertz CT molecular complexity index is 571. The summed E-state index contributed by atoms with van der Waals surface area (Å²) in [6.45, 7) is 2.95. The summed E-state index contributed by atoms with van der Waals surface area (Å²) in [5.74, 6) is 0.725. The summed E-state index contributed by atoms with van der Waals surface area (Å²) < 4.78 is 0. The molecular weight excluding hydrogens is 232 g/mol. The van der Waals surface area contributed by atoms with Crippen molar-refractivity contribution in [2.75, 3.05) is 11.9 Å². The van der Waals surface area contributed by atoms with Crippen LogP contribution in [-0.4, -0.2) is 21.4 Å². The highest BCUT2D eigenvalue weighted by molar-refractivity contribution is 5.90. The molecule has 0 atom stereocenters. The Morgan fingerprint density at radius 1 is 1.39 bits per heavy atom. The molecule has 0 saturated heterocycles. The summed E-state index contributed by atoms with van der Waals surface area (Å²) in [5.41, 5.74) is 0.624. The molecule has 0 fully saturated rings. The van der Waals surface area contributed by atoms with Crippen LogP contribution in [0.25, 0.3) is 10.9 Å². The fourth-order valence-electron chi connectivity index (χ4n) is 1.68. The van der Waals surface area contributed by atoms with Gasteiger partial charge in [0.25, 0.3) is 5.69 Å². The minimum absolute atomic E-state index is 0.0423. The molecule has 1 aromatic heterocycles. The number of anilines is 1. The lowest BCUT2D eigenvalue weighted by atomic mass is 10.2. The molecule has 1 N–H and O–H groups in total. The average molecular weight is 246 g/mol. The Morgan fingerprint density at radius 2 is 2.22 bits per heavy atom. The smallest absolute Gasteiger partial charge is 0.271 e. The molecule has 18 heavy (non-hydrogen) atoms. The van der Waals surface area contributed by atoms with Gasteiger partial charge in [-0.05, 0) is 12.5 Å². The van der Waals surface area contributed by atoms with Gasteiger partial charge in [-0.3, -0.25) is 10.1 Å². The Morgan fingerprint density at radius 3 is 2.94 bits per heavy atom. The highest BCUT2D eigenvalue weighted by atomic mass is 16.6. The summed E-state index contributed by atoms with van der Waals surface area (Å²) in [6.07, 6.45) is 3.57. The number of nitrogens with zero attached hydrogens (tertiary/aromatic N) is 3. The van der Waals surface area contributed by atoms with Crippen molar-refractivity contribution in [3.63, 3.8) is 0 Å². The third-order valence-corrected chi connectivity index (χ3v) is 2.65. The summed E-state index contributed by atoms with van der Waals surface area (Å²) in [4.78, 5) is 18.5. The number of non-ortho nitro benzene ring substituents is 1. The SMILES string of the molecule is CCCCNc1ncnc2cc([N+](=O)[O-])ccc12. The molecule has 0 aliphatic heterocycles. The summed E-state index contributed by atoms with van der Waals surface area (Å²) in [5, 5.41) is 14.7. The zero-order valence-electron chi connectivity index (χ0n) is 10.1. The molecule has 1 heterocycles. The van der Waals surface area contributed by atoms with Crippen LogP contribution in [0.15, 0.2) is 24.5 Å². The maximum atomic E-state index is 10.7. The molecule has 6 nitrogen and oxygen atoms in total. The van der Waals surface area contributed by atoms with Gasteiger partial charge in [-0.1, -0.05) is 13.3 Å². The molecule has 0 unspecified atom stereocenters. The molecule has 0 bridgehead atoms. The number of aromatic nitrogens is 2. The van der Waals surface area contributed by atoms with Crippen LogP contribution in [0.5, 0.6) is 0 Å². The molecular formula is C12H14N4O2. The highest BCUT2D eigenvalue weighted by Gasteiger charge is 2.09. The first-order valence-electron chi connectivity index (χ1n) is 5.85. The maximum Gasteiger partial charge on any atom is 0.271 e. The van der Waals surface area contributed by atoms with Crippen molar-refractivity contribution in [2.24, 2.45) is 0 Å². The lowest BCUT2D eigenvalue weighted by molar-refractivity contribution is -0.384. The Balaban J connectivity index is 2.34. The monoisotopic (exact) mass is 246 g/mol. The fourth-order valence-corrected chi connectivity index (χ4v) is 1.68. The second kappa shape index (κ2) is 5.39. The van der Waals surface area contributed by atoms with Gasteiger partial charge in [0.05, 0.1) is 10.4 Å². The van der Waals surface area contributed by atoms with E-state index in [-0.39, 0.29) is 5.69 Å². The van der Waals surface area contributed by atoms with Gasteiger partial charge in [0.2, 0.25) is 0 Å². The Kier molecular flexibility index (Phi) is 3.66. The molecule has 1 aromatic carbocycles. The van der Waals surface area contributed by atoms with Crippen LogP contribution in [0.2, 0.25) is 0 Å². The van der Waals surface area contributed by atoms with Crippen molar-refractivity contribution in [2.45, 2.75) is 19.8 Å². The fraction of sp³-hybridized carbons (Fsp3) is 0.333. The van der Waals surface area contributed by atoms with E-state index in [0.29, 0.717) is 5.52 Å². The van der Waals surface area contributed by atoms with Crippen molar-refractivity contribution in [3.05, 3.63) is 34.6 Å². The van der Waals surface area contributed by atoms with Crippen LogP contribution >= 0.6 is 0 Å². The van der Waals surface area contributed by atoms with Gasteiger partial charge in [0.1, 0.15) is 12.1 Å². The number of nitrogens with one attached hydrogen (secondary N) is 1. The molecule has 2 rings (SSSR count). The standard InChI is InChI=1S/C12H14N4O2/c1-2-3-6-13-12-10-5-4-9(16(17)18)7-11(10)14-8-15-12/h4-5,7-8H,2-3,6H2,1H3,(H,13,14,15). The molecule has 0 aliphatic carbocycles. The predicted octanol–water partition coefficient (Wildman–Crippen LogP) is 2.75. The van der Waals surface area contributed by atoms with Gasteiger partial charge in [0.15, 0.2) is 0 Å². The van der Waals surface area contributed by atoms with Gasteiger partial charge in [-0.25, -0.2) is 9.97 Å². The van der Waals surface area contributed by atoms with E-state index in [1.807, 2.05) is 0 Å². The minimum atomic E-state index is -0.425. The number of nitro benzene ring substituents is 1. The highest BCUT2D eigenvalue weighted by Crippen LogP contribution is 2.23. The zero-order valence-corrected chi connectivity index (χ0v) is 10.1. The molecule has 0 aliphatic rings. The lowest BCUT2D eigenvalue weighted by Gasteiger charge is -2.07. The third-order valence-electron chi connectivity index (χ3n) is 2.65. The van der Waals surface area contributed by atoms with Gasteiger partial charge < -0.3 is 5.32 Å². The quantitative estimate of drug-likeness (QED) is 0.498. The molecule has 0 saturated carbocycles. The van der Waals surface area contributed by atoms with Gasteiger partial charge in [0, 0.05) is 24.1 Å². The number of benzene rings is 1.